The number of amides is 2. The molecule has 0 aliphatic carbocycles. The number of likely N-dealkylation sites (tertiary alicyclic amines) is 1. The standard InChI is InChI=1S/C12H15BrN2O2/c13-9-3-5-10(6-4-9)14-12(17)15-7-1-2-11(15)8-16/h3-6,11,16H,1-2,7-8H2,(H,14,17)/t11-/m1/s1. The Morgan fingerprint density at radius 1 is 1.47 bits per heavy atom. The van der Waals surface area contributed by atoms with Crippen molar-refractivity contribution in [1.29, 1.82) is 0 Å². The number of rotatable bonds is 2. The summed E-state index contributed by atoms with van der Waals surface area (Å²) in [6.45, 7) is 0.751. The Bertz CT molecular complexity index is 394. The van der Waals surface area contributed by atoms with Crippen molar-refractivity contribution in [2.24, 2.45) is 0 Å². The highest BCUT2D eigenvalue weighted by molar-refractivity contribution is 9.10. The smallest absolute Gasteiger partial charge is 0.322 e. The Labute approximate surface area is 109 Å². The summed E-state index contributed by atoms with van der Waals surface area (Å²) in [7, 11) is 0. The topological polar surface area (TPSA) is 52.6 Å². The van der Waals surface area contributed by atoms with Gasteiger partial charge in [-0.05, 0) is 37.1 Å². The fourth-order valence-corrected chi connectivity index (χ4v) is 2.29. The van der Waals surface area contributed by atoms with Crippen LogP contribution in [0.4, 0.5) is 10.5 Å². The minimum absolute atomic E-state index is 0.0355. The van der Waals surface area contributed by atoms with Crippen LogP contribution < -0.4 is 5.32 Å². The molecule has 4 nitrogen and oxygen atoms in total. The van der Waals surface area contributed by atoms with E-state index in [9.17, 15) is 4.79 Å². The third-order valence-electron chi connectivity index (χ3n) is 2.94. The maximum Gasteiger partial charge on any atom is 0.322 e. The summed E-state index contributed by atoms with van der Waals surface area (Å²) in [5.74, 6) is 0. The van der Waals surface area contributed by atoms with Crippen LogP contribution in [-0.2, 0) is 0 Å². The molecule has 17 heavy (non-hydrogen) atoms. The van der Waals surface area contributed by atoms with Gasteiger partial charge in [0.2, 0.25) is 0 Å². The quantitative estimate of drug-likeness (QED) is 0.881. The number of urea groups is 1. The number of halogens is 1. The molecule has 1 atom stereocenters. The molecule has 92 valence electrons. The van der Waals surface area contributed by atoms with E-state index >= 15 is 0 Å². The maximum atomic E-state index is 12.0. The molecule has 1 aliphatic heterocycles. The second kappa shape index (κ2) is 5.51. The molecular weight excluding hydrogens is 284 g/mol. The fraction of sp³-hybridized carbons (Fsp3) is 0.417. The van der Waals surface area contributed by atoms with E-state index in [0.29, 0.717) is 6.54 Å². The molecular formula is C12H15BrN2O2. The summed E-state index contributed by atoms with van der Waals surface area (Å²) >= 11 is 3.34. The Balaban J connectivity index is 1.99. The lowest BCUT2D eigenvalue weighted by Crippen LogP contribution is -2.40. The molecule has 0 bridgehead atoms. The van der Waals surface area contributed by atoms with E-state index in [2.05, 4.69) is 21.2 Å². The predicted molar refractivity (Wildman–Crippen MR) is 70.0 cm³/mol. The second-order valence-electron chi connectivity index (χ2n) is 4.11. The predicted octanol–water partition coefficient (Wildman–Crippen LogP) is 2.44. The van der Waals surface area contributed by atoms with E-state index in [0.717, 1.165) is 23.0 Å². The van der Waals surface area contributed by atoms with Crippen LogP contribution in [0.15, 0.2) is 28.7 Å². The van der Waals surface area contributed by atoms with Gasteiger partial charge < -0.3 is 15.3 Å². The molecule has 0 aromatic heterocycles. The largest absolute Gasteiger partial charge is 0.394 e. The van der Waals surface area contributed by atoms with E-state index in [1.165, 1.54) is 0 Å². The normalized spacial score (nSPS) is 19.4. The molecule has 1 heterocycles. The van der Waals surface area contributed by atoms with Crippen molar-refractivity contribution in [3.05, 3.63) is 28.7 Å². The number of aliphatic hydroxyl groups excluding tert-OH is 1. The number of hydrogen-bond acceptors (Lipinski definition) is 2. The lowest BCUT2D eigenvalue weighted by Gasteiger charge is -2.23. The average molecular weight is 299 g/mol. The fourth-order valence-electron chi connectivity index (χ4n) is 2.02. The Morgan fingerprint density at radius 2 is 2.18 bits per heavy atom. The number of hydrogen-bond donors (Lipinski definition) is 2. The molecule has 1 fully saturated rings. The summed E-state index contributed by atoms with van der Waals surface area (Å²) in [6.07, 6.45) is 1.84. The zero-order chi connectivity index (χ0) is 12.3. The first-order chi connectivity index (χ1) is 8.20. The first-order valence-corrected chi connectivity index (χ1v) is 6.44. The van der Waals surface area contributed by atoms with Crippen LogP contribution in [0.25, 0.3) is 0 Å². The van der Waals surface area contributed by atoms with E-state index in [-0.39, 0.29) is 18.7 Å². The Hall–Kier alpha value is -1.07. The van der Waals surface area contributed by atoms with Crippen LogP contribution in [0.1, 0.15) is 12.8 Å². The van der Waals surface area contributed by atoms with Crippen molar-refractivity contribution < 1.29 is 9.90 Å². The summed E-state index contributed by atoms with van der Waals surface area (Å²) in [4.78, 5) is 13.7. The van der Waals surface area contributed by atoms with Crippen molar-refractivity contribution in [2.45, 2.75) is 18.9 Å². The van der Waals surface area contributed by atoms with Crippen LogP contribution in [0.3, 0.4) is 0 Å². The second-order valence-corrected chi connectivity index (χ2v) is 5.02. The first-order valence-electron chi connectivity index (χ1n) is 5.65. The molecule has 1 aliphatic rings. The van der Waals surface area contributed by atoms with Gasteiger partial charge in [-0.15, -0.1) is 0 Å². The van der Waals surface area contributed by atoms with Crippen LogP contribution in [0, 0.1) is 0 Å². The van der Waals surface area contributed by atoms with Gasteiger partial charge in [0.1, 0.15) is 0 Å². The minimum Gasteiger partial charge on any atom is -0.394 e. The zero-order valence-electron chi connectivity index (χ0n) is 9.40. The molecule has 0 saturated carbocycles. The number of aliphatic hydroxyl groups is 1. The number of benzene rings is 1. The molecule has 1 aromatic carbocycles. The molecule has 0 spiro atoms. The molecule has 2 amide bonds. The summed E-state index contributed by atoms with van der Waals surface area (Å²) in [5.41, 5.74) is 0.766. The molecule has 0 unspecified atom stereocenters. The Morgan fingerprint density at radius 3 is 2.82 bits per heavy atom. The molecule has 2 N–H and O–H groups in total. The van der Waals surface area contributed by atoms with E-state index < -0.39 is 0 Å². The van der Waals surface area contributed by atoms with Gasteiger partial charge in [0, 0.05) is 16.7 Å². The number of carbonyl (C=O) groups is 1. The maximum absolute atomic E-state index is 12.0. The van der Waals surface area contributed by atoms with Crippen molar-refractivity contribution in [3.8, 4) is 0 Å². The molecule has 5 heteroatoms. The lowest BCUT2D eigenvalue weighted by atomic mass is 10.2. The van der Waals surface area contributed by atoms with E-state index in [1.54, 1.807) is 4.90 Å². The SMILES string of the molecule is O=C(Nc1ccc(Br)cc1)N1CCC[C@@H]1CO. The lowest BCUT2D eigenvalue weighted by molar-refractivity contribution is 0.166. The van der Waals surface area contributed by atoms with Gasteiger partial charge in [0.25, 0.3) is 0 Å². The number of carbonyl (C=O) groups excluding carboxylic acids is 1. The van der Waals surface area contributed by atoms with Gasteiger partial charge in [-0.1, -0.05) is 15.9 Å². The van der Waals surface area contributed by atoms with Crippen molar-refractivity contribution in [2.75, 3.05) is 18.5 Å². The molecule has 1 aromatic rings. The third-order valence-corrected chi connectivity index (χ3v) is 3.47. The summed E-state index contributed by atoms with van der Waals surface area (Å²) < 4.78 is 0.977. The van der Waals surface area contributed by atoms with Crippen LogP contribution in [0.5, 0.6) is 0 Å². The molecule has 0 radical (unpaired) electrons. The van der Waals surface area contributed by atoms with Gasteiger partial charge in [-0.3, -0.25) is 0 Å². The number of nitrogens with zero attached hydrogens (tertiary/aromatic N) is 1. The van der Waals surface area contributed by atoms with Crippen LogP contribution in [-0.4, -0.2) is 35.2 Å². The van der Waals surface area contributed by atoms with Crippen molar-refractivity contribution in [3.63, 3.8) is 0 Å². The van der Waals surface area contributed by atoms with Crippen molar-refractivity contribution in [1.82, 2.24) is 4.90 Å². The summed E-state index contributed by atoms with van der Waals surface area (Å²) in [6, 6.07) is 7.26. The van der Waals surface area contributed by atoms with Crippen molar-refractivity contribution >= 4 is 27.6 Å². The van der Waals surface area contributed by atoms with Crippen LogP contribution in [0.2, 0.25) is 0 Å². The third kappa shape index (κ3) is 2.98. The molecule has 1 saturated heterocycles. The highest BCUT2D eigenvalue weighted by Crippen LogP contribution is 2.19. The van der Waals surface area contributed by atoms with Gasteiger partial charge in [-0.2, -0.15) is 0 Å². The van der Waals surface area contributed by atoms with Gasteiger partial charge in [0.15, 0.2) is 0 Å². The average Bonchev–Trinajstić information content (AvgIpc) is 2.80. The first kappa shape index (κ1) is 12.4. The van der Waals surface area contributed by atoms with Gasteiger partial charge in [-0.25, -0.2) is 4.79 Å². The minimum atomic E-state index is -0.135. The number of nitrogens with one attached hydrogen (secondary N) is 1. The van der Waals surface area contributed by atoms with Gasteiger partial charge >= 0.3 is 6.03 Å². The van der Waals surface area contributed by atoms with Gasteiger partial charge in [0.05, 0.1) is 12.6 Å². The van der Waals surface area contributed by atoms with E-state index in [4.69, 9.17) is 5.11 Å². The molecule has 2 rings (SSSR count). The number of anilines is 1. The highest BCUT2D eigenvalue weighted by Gasteiger charge is 2.27. The van der Waals surface area contributed by atoms with E-state index in [1.807, 2.05) is 24.3 Å². The summed E-state index contributed by atoms with van der Waals surface area (Å²) in [5, 5.41) is 12.0. The van der Waals surface area contributed by atoms with Crippen LogP contribution >= 0.6 is 15.9 Å². The highest BCUT2D eigenvalue weighted by atomic mass is 79.9. The monoisotopic (exact) mass is 298 g/mol. The Kier molecular flexibility index (Phi) is 4.02. The zero-order valence-corrected chi connectivity index (χ0v) is 11.0.